The Hall–Kier alpha value is -1.35. The van der Waals surface area contributed by atoms with Crippen molar-refractivity contribution in [2.24, 2.45) is 0 Å². The zero-order valence-corrected chi connectivity index (χ0v) is 9.80. The lowest BCUT2D eigenvalue weighted by Crippen LogP contribution is -2.52. The standard InChI is InChI=1S/C14H17NO2/c16-13-8-7-12-14(17,9-4-10-15(12)13)11-5-2-1-3-6-11/h1-3,5-6,12,17H,4,7-10H2/t12-,14-/m1/s1. The highest BCUT2D eigenvalue weighted by molar-refractivity contribution is 5.79. The Labute approximate surface area is 101 Å². The molecule has 3 nitrogen and oxygen atoms in total. The molecule has 0 aromatic heterocycles. The van der Waals surface area contributed by atoms with Gasteiger partial charge >= 0.3 is 0 Å². The molecule has 3 heteroatoms. The first-order valence-corrected chi connectivity index (χ1v) is 6.29. The lowest BCUT2D eigenvalue weighted by Gasteiger charge is -2.43. The molecule has 1 amide bonds. The molecule has 1 N–H and O–H groups in total. The third-order valence-electron chi connectivity index (χ3n) is 4.11. The van der Waals surface area contributed by atoms with E-state index in [2.05, 4.69) is 0 Å². The van der Waals surface area contributed by atoms with Crippen molar-refractivity contribution in [1.29, 1.82) is 0 Å². The van der Waals surface area contributed by atoms with Crippen molar-refractivity contribution < 1.29 is 9.90 Å². The molecular formula is C14H17NO2. The number of carbonyl (C=O) groups excluding carboxylic acids is 1. The molecule has 2 heterocycles. The Kier molecular flexibility index (Phi) is 2.44. The molecule has 0 aliphatic carbocycles. The Balaban J connectivity index is 1.99. The number of hydrogen-bond acceptors (Lipinski definition) is 2. The Morgan fingerprint density at radius 3 is 2.82 bits per heavy atom. The molecule has 2 fully saturated rings. The van der Waals surface area contributed by atoms with E-state index in [4.69, 9.17) is 0 Å². The van der Waals surface area contributed by atoms with Crippen LogP contribution in [0, 0.1) is 0 Å². The Morgan fingerprint density at radius 1 is 1.29 bits per heavy atom. The van der Waals surface area contributed by atoms with E-state index < -0.39 is 5.60 Å². The van der Waals surface area contributed by atoms with Gasteiger partial charge in [0.2, 0.25) is 5.91 Å². The fourth-order valence-electron chi connectivity index (χ4n) is 3.26. The van der Waals surface area contributed by atoms with E-state index in [0.29, 0.717) is 6.42 Å². The van der Waals surface area contributed by atoms with Gasteiger partial charge in [0.15, 0.2) is 0 Å². The zero-order valence-electron chi connectivity index (χ0n) is 9.80. The minimum absolute atomic E-state index is 0.0221. The van der Waals surface area contributed by atoms with Crippen LogP contribution >= 0.6 is 0 Å². The highest BCUT2D eigenvalue weighted by Gasteiger charge is 2.48. The summed E-state index contributed by atoms with van der Waals surface area (Å²) in [4.78, 5) is 13.6. The van der Waals surface area contributed by atoms with E-state index in [-0.39, 0.29) is 11.9 Å². The van der Waals surface area contributed by atoms with Gasteiger partial charge in [-0.15, -0.1) is 0 Å². The van der Waals surface area contributed by atoms with Gasteiger partial charge in [-0.05, 0) is 24.8 Å². The second kappa shape index (κ2) is 3.84. The van der Waals surface area contributed by atoms with E-state index in [0.717, 1.165) is 31.4 Å². The summed E-state index contributed by atoms with van der Waals surface area (Å²) in [5, 5.41) is 10.9. The van der Waals surface area contributed by atoms with Crippen LogP contribution in [0.2, 0.25) is 0 Å². The average molecular weight is 231 g/mol. The summed E-state index contributed by atoms with van der Waals surface area (Å²) in [5.74, 6) is 0.198. The van der Waals surface area contributed by atoms with Crippen molar-refractivity contribution in [3.8, 4) is 0 Å². The summed E-state index contributed by atoms with van der Waals surface area (Å²) in [6, 6.07) is 9.75. The fourth-order valence-corrected chi connectivity index (χ4v) is 3.26. The first-order chi connectivity index (χ1) is 8.22. The number of aliphatic hydroxyl groups is 1. The highest BCUT2D eigenvalue weighted by atomic mass is 16.3. The van der Waals surface area contributed by atoms with Gasteiger partial charge in [-0.1, -0.05) is 30.3 Å². The van der Waals surface area contributed by atoms with Crippen LogP contribution in [0.3, 0.4) is 0 Å². The molecule has 2 saturated heterocycles. The second-order valence-corrected chi connectivity index (χ2v) is 5.04. The van der Waals surface area contributed by atoms with Crippen LogP contribution < -0.4 is 0 Å². The first kappa shape index (κ1) is 10.8. The lowest BCUT2D eigenvalue weighted by atomic mass is 9.79. The smallest absolute Gasteiger partial charge is 0.223 e. The second-order valence-electron chi connectivity index (χ2n) is 5.04. The van der Waals surface area contributed by atoms with Gasteiger partial charge in [0.05, 0.1) is 6.04 Å². The SMILES string of the molecule is O=C1CC[C@H]2N1CCC[C@@]2(O)c1ccccc1. The number of carbonyl (C=O) groups is 1. The predicted octanol–water partition coefficient (Wildman–Crippen LogP) is 1.66. The molecule has 0 spiro atoms. The van der Waals surface area contributed by atoms with Crippen molar-refractivity contribution in [2.75, 3.05) is 6.54 Å². The molecule has 1 aromatic carbocycles. The Morgan fingerprint density at radius 2 is 2.06 bits per heavy atom. The number of piperidine rings is 1. The quantitative estimate of drug-likeness (QED) is 0.798. The van der Waals surface area contributed by atoms with Crippen LogP contribution in [0.5, 0.6) is 0 Å². The number of rotatable bonds is 1. The molecule has 2 aliphatic heterocycles. The van der Waals surface area contributed by atoms with Crippen LogP contribution in [-0.2, 0) is 10.4 Å². The molecule has 3 rings (SSSR count). The average Bonchev–Trinajstić information content (AvgIpc) is 2.74. The zero-order chi connectivity index (χ0) is 11.9. The van der Waals surface area contributed by atoms with Crippen molar-refractivity contribution in [2.45, 2.75) is 37.3 Å². The lowest BCUT2D eigenvalue weighted by molar-refractivity contribution is -0.138. The van der Waals surface area contributed by atoms with Gasteiger partial charge in [-0.3, -0.25) is 4.79 Å². The fraction of sp³-hybridized carbons (Fsp3) is 0.500. The molecule has 2 aliphatic rings. The predicted molar refractivity (Wildman–Crippen MR) is 64.3 cm³/mol. The number of fused-ring (bicyclic) bond motifs is 1. The van der Waals surface area contributed by atoms with Gasteiger partial charge in [0, 0.05) is 13.0 Å². The van der Waals surface area contributed by atoms with E-state index >= 15 is 0 Å². The van der Waals surface area contributed by atoms with E-state index in [1.54, 1.807) is 0 Å². The largest absolute Gasteiger partial charge is 0.383 e. The van der Waals surface area contributed by atoms with Crippen LogP contribution in [0.4, 0.5) is 0 Å². The van der Waals surface area contributed by atoms with Crippen LogP contribution in [0.25, 0.3) is 0 Å². The number of amides is 1. The van der Waals surface area contributed by atoms with Gasteiger partial charge in [-0.25, -0.2) is 0 Å². The maximum absolute atomic E-state index is 11.7. The molecule has 1 aromatic rings. The Bertz CT molecular complexity index is 431. The minimum Gasteiger partial charge on any atom is -0.383 e. The van der Waals surface area contributed by atoms with Crippen LogP contribution in [0.15, 0.2) is 30.3 Å². The maximum Gasteiger partial charge on any atom is 0.223 e. The highest BCUT2D eigenvalue weighted by Crippen LogP contribution is 2.41. The van der Waals surface area contributed by atoms with Gasteiger partial charge in [0.25, 0.3) is 0 Å². The molecule has 0 saturated carbocycles. The van der Waals surface area contributed by atoms with Gasteiger partial charge < -0.3 is 10.0 Å². The van der Waals surface area contributed by atoms with Crippen molar-refractivity contribution >= 4 is 5.91 Å². The summed E-state index contributed by atoms with van der Waals surface area (Å²) < 4.78 is 0. The number of nitrogens with zero attached hydrogens (tertiary/aromatic N) is 1. The van der Waals surface area contributed by atoms with Crippen LogP contribution in [-0.4, -0.2) is 28.5 Å². The molecule has 0 radical (unpaired) electrons. The van der Waals surface area contributed by atoms with E-state index in [1.165, 1.54) is 0 Å². The summed E-state index contributed by atoms with van der Waals surface area (Å²) >= 11 is 0. The third-order valence-corrected chi connectivity index (χ3v) is 4.11. The monoisotopic (exact) mass is 231 g/mol. The van der Waals surface area contributed by atoms with Crippen molar-refractivity contribution in [3.63, 3.8) is 0 Å². The third kappa shape index (κ3) is 1.57. The minimum atomic E-state index is -0.842. The topological polar surface area (TPSA) is 40.5 Å². The molecule has 90 valence electrons. The molecule has 0 bridgehead atoms. The van der Waals surface area contributed by atoms with Crippen molar-refractivity contribution in [3.05, 3.63) is 35.9 Å². The molecular weight excluding hydrogens is 214 g/mol. The van der Waals surface area contributed by atoms with Gasteiger partial charge in [-0.2, -0.15) is 0 Å². The van der Waals surface area contributed by atoms with Crippen LogP contribution in [0.1, 0.15) is 31.2 Å². The number of hydrogen-bond donors (Lipinski definition) is 1. The van der Waals surface area contributed by atoms with Gasteiger partial charge in [0.1, 0.15) is 5.60 Å². The van der Waals surface area contributed by atoms with Crippen molar-refractivity contribution in [1.82, 2.24) is 4.90 Å². The molecule has 2 atom stereocenters. The maximum atomic E-state index is 11.7. The normalized spacial score (nSPS) is 32.6. The van der Waals surface area contributed by atoms with E-state index in [9.17, 15) is 9.90 Å². The molecule has 0 unspecified atom stereocenters. The number of benzene rings is 1. The first-order valence-electron chi connectivity index (χ1n) is 6.29. The van der Waals surface area contributed by atoms with E-state index in [1.807, 2.05) is 35.2 Å². The summed E-state index contributed by atoms with van der Waals surface area (Å²) in [5.41, 5.74) is 0.107. The molecule has 17 heavy (non-hydrogen) atoms. The summed E-state index contributed by atoms with van der Waals surface area (Å²) in [6.45, 7) is 0.804. The summed E-state index contributed by atoms with van der Waals surface area (Å²) in [6.07, 6.45) is 3.00. The summed E-state index contributed by atoms with van der Waals surface area (Å²) in [7, 11) is 0.